The lowest BCUT2D eigenvalue weighted by Gasteiger charge is -2.16. The Bertz CT molecular complexity index is 1590. The minimum Gasteiger partial charge on any atom is -0.493 e. The smallest absolute Gasteiger partial charge is 0.417 e. The Balaban J connectivity index is 1.67. The van der Waals surface area contributed by atoms with E-state index in [1.54, 1.807) is 12.1 Å². The molecule has 182 valence electrons. The third kappa shape index (κ3) is 4.13. The van der Waals surface area contributed by atoms with Crippen molar-refractivity contribution in [2.24, 2.45) is 0 Å². The quantitative estimate of drug-likeness (QED) is 0.327. The van der Waals surface area contributed by atoms with E-state index < -0.39 is 41.0 Å². The Kier molecular flexibility index (Phi) is 5.63. The molecule has 4 aromatic rings. The van der Waals surface area contributed by atoms with Crippen LogP contribution < -0.4 is 10.3 Å². The summed E-state index contributed by atoms with van der Waals surface area (Å²) in [4.78, 5) is 13.0. The Labute approximate surface area is 200 Å². The van der Waals surface area contributed by atoms with Crippen molar-refractivity contribution in [2.45, 2.75) is 19.1 Å². The van der Waals surface area contributed by atoms with E-state index in [-0.39, 0.29) is 17.0 Å². The number of hydrogen-bond acceptors (Lipinski definition) is 4. The molecule has 0 spiro atoms. The van der Waals surface area contributed by atoms with E-state index in [0.717, 1.165) is 28.0 Å². The second kappa shape index (κ2) is 8.68. The number of nitriles is 1. The van der Waals surface area contributed by atoms with Gasteiger partial charge in [0.15, 0.2) is 5.76 Å². The van der Waals surface area contributed by atoms with E-state index in [4.69, 9.17) is 9.15 Å². The molecule has 0 saturated heterocycles. The number of rotatable bonds is 4. The van der Waals surface area contributed by atoms with E-state index in [1.807, 2.05) is 6.07 Å². The van der Waals surface area contributed by atoms with Crippen molar-refractivity contribution in [3.63, 3.8) is 0 Å². The second-order valence-corrected chi connectivity index (χ2v) is 8.14. The topological polar surface area (TPSA) is 68.2 Å². The maximum atomic E-state index is 14.4. The zero-order chi connectivity index (χ0) is 25.6. The average Bonchev–Trinajstić information content (AvgIpc) is 3.50. The summed E-state index contributed by atoms with van der Waals surface area (Å²) in [6.45, 7) is -0.0147. The van der Waals surface area contributed by atoms with Crippen LogP contribution in [-0.4, -0.2) is 11.2 Å². The van der Waals surface area contributed by atoms with Crippen molar-refractivity contribution in [1.29, 1.82) is 5.26 Å². The lowest BCUT2D eigenvalue weighted by Crippen LogP contribution is -2.29. The summed E-state index contributed by atoms with van der Waals surface area (Å²) in [6.07, 6.45) is -4.31. The highest BCUT2D eigenvalue weighted by molar-refractivity contribution is 5.66. The first-order chi connectivity index (χ1) is 17.2. The number of halogens is 5. The van der Waals surface area contributed by atoms with Gasteiger partial charge in [-0.25, -0.2) is 8.78 Å². The van der Waals surface area contributed by atoms with Gasteiger partial charge in [0.05, 0.1) is 24.4 Å². The predicted molar refractivity (Wildman–Crippen MR) is 118 cm³/mol. The molecule has 3 heterocycles. The standard InChI is InChI=1S/C26H15F5N2O3/c27-17-3-1-16(20(28)10-17)13-33-21(11-19(26(29,30)31)18(12-32)25(33)34)24-6-5-23(36-24)14-2-4-22-15(9-14)7-8-35-22/h1-6,9-11H,7-8,13H2. The molecule has 1 aliphatic rings. The number of fused-ring (bicyclic) bond motifs is 1. The molecule has 0 radical (unpaired) electrons. The van der Waals surface area contributed by atoms with Crippen molar-refractivity contribution < 1.29 is 31.1 Å². The highest BCUT2D eigenvalue weighted by Crippen LogP contribution is 2.36. The highest BCUT2D eigenvalue weighted by atomic mass is 19.4. The number of pyridine rings is 1. The SMILES string of the molecule is N#Cc1c(C(F)(F)F)cc(-c2ccc(-c3ccc4c(c3)CCO4)o2)n(Cc2ccc(F)cc2F)c1=O. The molecule has 0 unspecified atom stereocenters. The van der Waals surface area contributed by atoms with Gasteiger partial charge in [0.1, 0.15) is 34.8 Å². The third-order valence-electron chi connectivity index (χ3n) is 5.89. The fraction of sp³-hybridized carbons (Fsp3) is 0.154. The van der Waals surface area contributed by atoms with Gasteiger partial charge in [0.25, 0.3) is 5.56 Å². The molecule has 0 aliphatic carbocycles. The Hall–Kier alpha value is -4.39. The second-order valence-electron chi connectivity index (χ2n) is 8.14. The zero-order valence-electron chi connectivity index (χ0n) is 18.3. The van der Waals surface area contributed by atoms with E-state index >= 15 is 0 Å². The van der Waals surface area contributed by atoms with Crippen LogP contribution in [0, 0.1) is 23.0 Å². The molecule has 10 heteroatoms. The van der Waals surface area contributed by atoms with Crippen molar-refractivity contribution in [2.75, 3.05) is 6.61 Å². The van der Waals surface area contributed by atoms with Gasteiger partial charge in [-0.3, -0.25) is 9.36 Å². The number of ether oxygens (including phenoxy) is 1. The molecule has 36 heavy (non-hydrogen) atoms. The number of furan rings is 1. The largest absolute Gasteiger partial charge is 0.493 e. The van der Waals surface area contributed by atoms with E-state index in [9.17, 15) is 32.0 Å². The zero-order valence-corrected chi connectivity index (χ0v) is 18.3. The van der Waals surface area contributed by atoms with Crippen LogP contribution in [0.25, 0.3) is 22.8 Å². The normalized spacial score (nSPS) is 12.8. The van der Waals surface area contributed by atoms with Crippen molar-refractivity contribution in [3.8, 4) is 34.6 Å². The summed E-state index contributed by atoms with van der Waals surface area (Å²) in [7, 11) is 0. The molecular weight excluding hydrogens is 483 g/mol. The summed E-state index contributed by atoms with van der Waals surface area (Å²) in [5, 5.41) is 9.31. The minimum absolute atomic E-state index is 0.101. The number of hydrogen-bond donors (Lipinski definition) is 0. The number of nitrogens with zero attached hydrogens (tertiary/aromatic N) is 2. The van der Waals surface area contributed by atoms with Crippen LogP contribution in [0.5, 0.6) is 5.75 Å². The van der Waals surface area contributed by atoms with Crippen molar-refractivity contribution >= 4 is 0 Å². The summed E-state index contributed by atoms with van der Waals surface area (Å²) in [5.74, 6) is -0.889. The first kappa shape index (κ1) is 23.4. The first-order valence-electron chi connectivity index (χ1n) is 10.7. The van der Waals surface area contributed by atoms with Crippen molar-refractivity contribution in [1.82, 2.24) is 4.57 Å². The van der Waals surface area contributed by atoms with Crippen LogP contribution in [0.1, 0.15) is 22.3 Å². The molecular formula is C26H15F5N2O3. The fourth-order valence-electron chi connectivity index (χ4n) is 4.13. The summed E-state index contributed by atoms with van der Waals surface area (Å²) >= 11 is 0. The van der Waals surface area contributed by atoms with E-state index in [1.165, 1.54) is 18.2 Å². The van der Waals surface area contributed by atoms with Gasteiger partial charge in [-0.2, -0.15) is 18.4 Å². The molecule has 2 aromatic carbocycles. The molecule has 0 N–H and O–H groups in total. The monoisotopic (exact) mass is 498 g/mol. The summed E-state index contributed by atoms with van der Waals surface area (Å²) < 4.78 is 81.0. The van der Waals surface area contributed by atoms with Gasteiger partial charge < -0.3 is 9.15 Å². The average molecular weight is 498 g/mol. The Morgan fingerprint density at radius 3 is 2.50 bits per heavy atom. The van der Waals surface area contributed by atoms with Crippen LogP contribution in [0.15, 0.2) is 63.8 Å². The number of aromatic nitrogens is 1. The molecule has 1 aliphatic heterocycles. The van der Waals surface area contributed by atoms with Crippen LogP contribution in [0.4, 0.5) is 22.0 Å². The van der Waals surface area contributed by atoms with Crippen LogP contribution in [0.3, 0.4) is 0 Å². The molecule has 5 rings (SSSR count). The third-order valence-corrected chi connectivity index (χ3v) is 5.89. The van der Waals surface area contributed by atoms with Gasteiger partial charge >= 0.3 is 6.18 Å². The number of alkyl halides is 3. The highest BCUT2D eigenvalue weighted by Gasteiger charge is 2.37. The van der Waals surface area contributed by atoms with Gasteiger partial charge in [-0.1, -0.05) is 6.07 Å². The van der Waals surface area contributed by atoms with Gasteiger partial charge in [0, 0.05) is 23.6 Å². The van der Waals surface area contributed by atoms with E-state index in [2.05, 4.69) is 0 Å². The lowest BCUT2D eigenvalue weighted by atomic mass is 10.1. The molecule has 0 bridgehead atoms. The van der Waals surface area contributed by atoms with Gasteiger partial charge in [-0.15, -0.1) is 0 Å². The van der Waals surface area contributed by atoms with Gasteiger partial charge in [0.2, 0.25) is 0 Å². The molecule has 5 nitrogen and oxygen atoms in total. The fourth-order valence-corrected chi connectivity index (χ4v) is 4.13. The van der Waals surface area contributed by atoms with E-state index in [0.29, 0.717) is 36.5 Å². The predicted octanol–water partition coefficient (Wildman–Crippen LogP) is 5.93. The number of benzene rings is 2. The van der Waals surface area contributed by atoms with Gasteiger partial charge in [-0.05, 0) is 48.0 Å². The van der Waals surface area contributed by atoms with Crippen molar-refractivity contribution in [3.05, 3.63) is 98.8 Å². The maximum absolute atomic E-state index is 14.4. The Morgan fingerprint density at radius 1 is 1.00 bits per heavy atom. The molecule has 2 aromatic heterocycles. The molecule has 0 saturated carbocycles. The molecule has 0 fully saturated rings. The maximum Gasteiger partial charge on any atom is 0.417 e. The molecule has 0 amide bonds. The van der Waals surface area contributed by atoms with Crippen LogP contribution >= 0.6 is 0 Å². The minimum atomic E-state index is -5.01. The van der Waals surface area contributed by atoms with Crippen LogP contribution in [-0.2, 0) is 19.1 Å². The first-order valence-corrected chi connectivity index (χ1v) is 10.7. The summed E-state index contributed by atoms with van der Waals surface area (Å²) in [5.41, 5.74) is -2.73. The van der Waals surface area contributed by atoms with Crippen LogP contribution in [0.2, 0.25) is 0 Å². The lowest BCUT2D eigenvalue weighted by molar-refractivity contribution is -0.137. The molecule has 0 atom stereocenters. The Morgan fingerprint density at radius 2 is 1.78 bits per heavy atom. The summed E-state index contributed by atoms with van der Waals surface area (Å²) in [6, 6.07) is 12.8.